The second kappa shape index (κ2) is 14.8. The summed E-state index contributed by atoms with van der Waals surface area (Å²) in [7, 11) is 0. The number of carbonyl (C=O) groups is 4. The Kier molecular flexibility index (Phi) is 12.2. The van der Waals surface area contributed by atoms with Crippen molar-refractivity contribution < 1.29 is 19.2 Å². The predicted octanol–water partition coefficient (Wildman–Crippen LogP) is 2.54. The molecule has 1 aromatic rings. The summed E-state index contributed by atoms with van der Waals surface area (Å²) in [4.78, 5) is 51.0. The van der Waals surface area contributed by atoms with Crippen molar-refractivity contribution in [2.75, 3.05) is 18.1 Å². The maximum absolute atomic E-state index is 13.3. The average molecular weight is 531 g/mol. The lowest BCUT2D eigenvalue weighted by Gasteiger charge is -2.27. The molecule has 0 saturated heterocycles. The van der Waals surface area contributed by atoms with E-state index in [1.807, 2.05) is 45.0 Å². The topological polar surface area (TPSA) is 116 Å². The highest BCUT2D eigenvalue weighted by Crippen LogP contribution is 2.19. The van der Waals surface area contributed by atoms with Crippen molar-refractivity contribution in [2.24, 2.45) is 11.8 Å². The number of thioether (sulfide) groups is 1. The first-order valence-corrected chi connectivity index (χ1v) is 14.2. The van der Waals surface area contributed by atoms with Gasteiger partial charge in [0, 0.05) is 30.2 Å². The third-order valence-corrected chi connectivity index (χ3v) is 7.20. The van der Waals surface area contributed by atoms with E-state index >= 15 is 0 Å². The number of nitrogens with one attached hydrogen (secondary N) is 4. The zero-order valence-electron chi connectivity index (χ0n) is 22.8. The predicted molar refractivity (Wildman–Crippen MR) is 149 cm³/mol. The van der Waals surface area contributed by atoms with Crippen LogP contribution in [0.5, 0.6) is 0 Å². The highest BCUT2D eigenvalue weighted by molar-refractivity contribution is 7.99. The van der Waals surface area contributed by atoms with Crippen LogP contribution in [-0.4, -0.2) is 59.8 Å². The van der Waals surface area contributed by atoms with E-state index in [4.69, 9.17) is 0 Å². The third-order valence-electron chi connectivity index (χ3n) is 6.13. The molecule has 204 valence electrons. The normalized spacial score (nSPS) is 21.6. The zero-order valence-corrected chi connectivity index (χ0v) is 23.6. The molecule has 2 rings (SSSR count). The van der Waals surface area contributed by atoms with Gasteiger partial charge in [-0.15, -0.1) is 0 Å². The fourth-order valence-electron chi connectivity index (χ4n) is 3.93. The Bertz CT molecular complexity index is 961. The van der Waals surface area contributed by atoms with Gasteiger partial charge in [-0.05, 0) is 43.2 Å². The maximum atomic E-state index is 13.3. The average Bonchev–Trinajstić information content (AvgIpc) is 2.83. The van der Waals surface area contributed by atoms with Crippen LogP contribution in [0.1, 0.15) is 58.6 Å². The summed E-state index contributed by atoms with van der Waals surface area (Å²) < 4.78 is 0. The van der Waals surface area contributed by atoms with Crippen LogP contribution in [0.3, 0.4) is 0 Å². The Balaban J connectivity index is 2.07. The van der Waals surface area contributed by atoms with E-state index < -0.39 is 23.9 Å². The minimum Gasteiger partial charge on any atom is -0.352 e. The van der Waals surface area contributed by atoms with Gasteiger partial charge in [0.15, 0.2) is 0 Å². The fraction of sp³-hybridized carbons (Fsp3) is 0.571. The van der Waals surface area contributed by atoms with Gasteiger partial charge in [0.25, 0.3) is 0 Å². The van der Waals surface area contributed by atoms with Crippen LogP contribution in [0.25, 0.3) is 0 Å². The maximum Gasteiger partial charge on any atom is 0.243 e. The van der Waals surface area contributed by atoms with Gasteiger partial charge in [-0.3, -0.25) is 19.2 Å². The molecule has 4 N–H and O–H groups in total. The largest absolute Gasteiger partial charge is 0.352 e. The second-order valence-electron chi connectivity index (χ2n) is 10.4. The van der Waals surface area contributed by atoms with E-state index in [1.165, 1.54) is 23.4 Å². The Hall–Kier alpha value is -2.81. The Labute approximate surface area is 225 Å². The first-order chi connectivity index (χ1) is 17.5. The molecule has 1 heterocycles. The summed E-state index contributed by atoms with van der Waals surface area (Å²) in [6.07, 6.45) is 3.98. The molecule has 0 aromatic heterocycles. The lowest BCUT2D eigenvalue weighted by Crippen LogP contribution is -2.57. The fourth-order valence-corrected chi connectivity index (χ4v) is 4.82. The van der Waals surface area contributed by atoms with Crippen LogP contribution in [-0.2, 0) is 25.6 Å². The minimum atomic E-state index is -0.786. The molecular weight excluding hydrogens is 488 g/mol. The summed E-state index contributed by atoms with van der Waals surface area (Å²) in [6.45, 7) is 12.1. The smallest absolute Gasteiger partial charge is 0.243 e. The number of carbonyl (C=O) groups excluding carboxylic acids is 4. The number of rotatable bonds is 8. The molecule has 0 saturated carbocycles. The lowest BCUT2D eigenvalue weighted by molar-refractivity contribution is -0.133. The molecule has 0 aliphatic carbocycles. The van der Waals surface area contributed by atoms with Crippen molar-refractivity contribution in [2.45, 2.75) is 72.0 Å². The zero-order chi connectivity index (χ0) is 27.5. The Morgan fingerprint density at radius 3 is 2.35 bits per heavy atom. The van der Waals surface area contributed by atoms with E-state index in [-0.39, 0.29) is 29.7 Å². The van der Waals surface area contributed by atoms with Gasteiger partial charge in [0.05, 0.1) is 5.92 Å². The molecule has 0 spiro atoms. The van der Waals surface area contributed by atoms with Crippen molar-refractivity contribution in [1.82, 2.24) is 21.3 Å². The van der Waals surface area contributed by atoms with Crippen LogP contribution in [0.15, 0.2) is 36.4 Å². The number of benzene rings is 1. The van der Waals surface area contributed by atoms with Gasteiger partial charge < -0.3 is 21.3 Å². The Morgan fingerprint density at radius 1 is 1.05 bits per heavy atom. The summed E-state index contributed by atoms with van der Waals surface area (Å²) in [5.41, 5.74) is 2.11. The first kappa shape index (κ1) is 30.4. The molecule has 9 heteroatoms. The SMILES string of the molecule is CC(C)Cc1ccc([C@H](C)C(=O)N[C@H](C(=O)N[C@H]2CSCCNC(=O)/C=C\[C@H](C)NC2=O)C(C)C)cc1. The van der Waals surface area contributed by atoms with Crippen LogP contribution >= 0.6 is 11.8 Å². The molecule has 8 nitrogen and oxygen atoms in total. The monoisotopic (exact) mass is 530 g/mol. The molecule has 4 atom stereocenters. The van der Waals surface area contributed by atoms with Gasteiger partial charge in [0.2, 0.25) is 23.6 Å². The lowest BCUT2D eigenvalue weighted by atomic mass is 9.95. The molecule has 1 aliphatic heterocycles. The molecular formula is C28H42N4O4S. The second-order valence-corrected chi connectivity index (χ2v) is 11.5. The highest BCUT2D eigenvalue weighted by atomic mass is 32.2. The minimum absolute atomic E-state index is 0.177. The Morgan fingerprint density at radius 2 is 1.73 bits per heavy atom. The summed E-state index contributed by atoms with van der Waals surface area (Å²) in [6, 6.07) is 6.10. The molecule has 37 heavy (non-hydrogen) atoms. The van der Waals surface area contributed by atoms with Gasteiger partial charge in [-0.25, -0.2) is 0 Å². The third kappa shape index (κ3) is 10.2. The summed E-state index contributed by atoms with van der Waals surface area (Å²) in [5.74, 6) is -0.267. The summed E-state index contributed by atoms with van der Waals surface area (Å²) in [5, 5.41) is 11.3. The molecule has 0 bridgehead atoms. The molecule has 4 amide bonds. The van der Waals surface area contributed by atoms with Gasteiger partial charge in [-0.2, -0.15) is 11.8 Å². The molecule has 0 radical (unpaired) electrons. The molecule has 0 fully saturated rings. The van der Waals surface area contributed by atoms with Crippen LogP contribution in [0.2, 0.25) is 0 Å². The number of hydrogen-bond donors (Lipinski definition) is 4. The van der Waals surface area contributed by atoms with Crippen LogP contribution in [0, 0.1) is 11.8 Å². The van der Waals surface area contributed by atoms with E-state index in [0.717, 1.165) is 12.0 Å². The van der Waals surface area contributed by atoms with Crippen molar-refractivity contribution in [3.8, 4) is 0 Å². The number of hydrogen-bond acceptors (Lipinski definition) is 5. The van der Waals surface area contributed by atoms with E-state index in [0.29, 0.717) is 24.0 Å². The quantitative estimate of drug-likeness (QED) is 0.412. The molecule has 1 aromatic carbocycles. The van der Waals surface area contributed by atoms with Crippen molar-refractivity contribution in [3.05, 3.63) is 47.5 Å². The summed E-state index contributed by atoms with van der Waals surface area (Å²) >= 11 is 1.46. The molecule has 0 unspecified atom stereocenters. The van der Waals surface area contributed by atoms with E-state index in [1.54, 1.807) is 13.0 Å². The van der Waals surface area contributed by atoms with Crippen molar-refractivity contribution in [1.29, 1.82) is 0 Å². The van der Waals surface area contributed by atoms with Crippen LogP contribution < -0.4 is 21.3 Å². The van der Waals surface area contributed by atoms with Crippen molar-refractivity contribution in [3.63, 3.8) is 0 Å². The van der Waals surface area contributed by atoms with E-state index in [9.17, 15) is 19.2 Å². The number of amides is 4. The standard InChI is InChI=1S/C28H42N4O4S/c1-17(2)15-21-8-10-22(11-9-21)20(6)26(34)32-25(18(3)4)28(36)31-23-16-37-14-13-29-24(33)12-7-19(5)30-27(23)35/h7-12,17-20,23,25H,13-16H2,1-6H3,(H,29,33)(H,30,35)(H,31,36)(H,32,34)/b12-7-/t19-,20-,23-,25-/m0/s1. The van der Waals surface area contributed by atoms with Gasteiger partial charge in [-0.1, -0.05) is 58.0 Å². The van der Waals surface area contributed by atoms with Gasteiger partial charge >= 0.3 is 0 Å². The van der Waals surface area contributed by atoms with Gasteiger partial charge in [0.1, 0.15) is 12.1 Å². The first-order valence-electron chi connectivity index (χ1n) is 13.0. The highest BCUT2D eigenvalue weighted by Gasteiger charge is 2.30. The van der Waals surface area contributed by atoms with Crippen molar-refractivity contribution >= 4 is 35.4 Å². The molecule has 1 aliphatic rings. The van der Waals surface area contributed by atoms with Crippen LogP contribution in [0.4, 0.5) is 0 Å². The van der Waals surface area contributed by atoms with E-state index in [2.05, 4.69) is 35.1 Å².